The van der Waals surface area contributed by atoms with Gasteiger partial charge in [-0.05, 0) is 39.7 Å². The molecule has 0 aliphatic carbocycles. The Balaban J connectivity index is 2.14. The molecule has 17 heavy (non-hydrogen) atoms. The van der Waals surface area contributed by atoms with E-state index in [4.69, 9.17) is 0 Å². The van der Waals surface area contributed by atoms with Crippen LogP contribution in [0.1, 0.15) is 58.3 Å². The summed E-state index contributed by atoms with van der Waals surface area (Å²) in [5.41, 5.74) is 0.272. The zero-order valence-corrected chi connectivity index (χ0v) is 11.2. The Labute approximate surface area is 104 Å². The lowest BCUT2D eigenvalue weighted by molar-refractivity contribution is 0.325. The minimum absolute atomic E-state index is 0.272. The first-order valence-corrected chi connectivity index (χ1v) is 6.80. The minimum Gasteiger partial charge on any atom is -0.311 e. The normalized spacial score (nSPS) is 24.7. The first-order chi connectivity index (χ1) is 8.17. The van der Waals surface area contributed by atoms with E-state index >= 15 is 0 Å². The van der Waals surface area contributed by atoms with Gasteiger partial charge in [-0.25, -0.2) is 9.67 Å². The molecule has 1 aliphatic heterocycles. The number of nitrogens with zero attached hydrogens (tertiary/aromatic N) is 3. The van der Waals surface area contributed by atoms with Crippen LogP contribution < -0.4 is 5.32 Å². The number of rotatable bonds is 5. The maximum Gasteiger partial charge on any atom is 0.138 e. The number of hydrogen-bond acceptors (Lipinski definition) is 3. The van der Waals surface area contributed by atoms with E-state index in [1.165, 1.54) is 25.7 Å². The Morgan fingerprint density at radius 2 is 2.35 bits per heavy atom. The third kappa shape index (κ3) is 2.68. The SMILES string of the molecule is CCCC1(Cc2ncnn2C(C)C)CCCN1. The summed E-state index contributed by atoms with van der Waals surface area (Å²) in [5, 5.41) is 8.02. The zero-order chi connectivity index (χ0) is 12.3. The lowest BCUT2D eigenvalue weighted by Gasteiger charge is -2.29. The van der Waals surface area contributed by atoms with Crippen molar-refractivity contribution in [1.29, 1.82) is 0 Å². The van der Waals surface area contributed by atoms with Crippen LogP contribution in [0.5, 0.6) is 0 Å². The highest BCUT2D eigenvalue weighted by Gasteiger charge is 2.34. The van der Waals surface area contributed by atoms with Crippen molar-refractivity contribution >= 4 is 0 Å². The molecule has 0 bridgehead atoms. The maximum absolute atomic E-state index is 4.44. The average molecular weight is 236 g/mol. The first-order valence-electron chi connectivity index (χ1n) is 6.80. The quantitative estimate of drug-likeness (QED) is 0.853. The molecule has 4 nitrogen and oxygen atoms in total. The van der Waals surface area contributed by atoms with Gasteiger partial charge in [0.2, 0.25) is 0 Å². The second-order valence-corrected chi connectivity index (χ2v) is 5.45. The fourth-order valence-electron chi connectivity index (χ4n) is 2.93. The van der Waals surface area contributed by atoms with Crippen molar-refractivity contribution < 1.29 is 0 Å². The Morgan fingerprint density at radius 1 is 1.53 bits per heavy atom. The van der Waals surface area contributed by atoms with Crippen molar-refractivity contribution in [1.82, 2.24) is 20.1 Å². The monoisotopic (exact) mass is 236 g/mol. The van der Waals surface area contributed by atoms with Gasteiger partial charge in [0.1, 0.15) is 12.2 Å². The summed E-state index contributed by atoms with van der Waals surface area (Å²) in [6.45, 7) is 7.73. The van der Waals surface area contributed by atoms with Gasteiger partial charge in [0.25, 0.3) is 0 Å². The number of hydrogen-bond donors (Lipinski definition) is 1. The lowest BCUT2D eigenvalue weighted by Crippen LogP contribution is -2.42. The van der Waals surface area contributed by atoms with Gasteiger partial charge in [-0.1, -0.05) is 13.3 Å². The highest BCUT2D eigenvalue weighted by molar-refractivity contribution is 5.02. The number of nitrogens with one attached hydrogen (secondary N) is 1. The lowest BCUT2D eigenvalue weighted by atomic mass is 9.88. The molecule has 1 aromatic rings. The summed E-state index contributed by atoms with van der Waals surface area (Å²) in [4.78, 5) is 4.44. The fourth-order valence-corrected chi connectivity index (χ4v) is 2.93. The van der Waals surface area contributed by atoms with Gasteiger partial charge in [0.15, 0.2) is 0 Å². The molecular formula is C13H24N4. The zero-order valence-electron chi connectivity index (χ0n) is 11.2. The Hall–Kier alpha value is -0.900. The molecule has 2 rings (SSSR count). The van der Waals surface area contributed by atoms with Gasteiger partial charge in [-0.3, -0.25) is 0 Å². The van der Waals surface area contributed by atoms with Crippen LogP contribution in [0.3, 0.4) is 0 Å². The second-order valence-electron chi connectivity index (χ2n) is 5.45. The van der Waals surface area contributed by atoms with Crippen molar-refractivity contribution in [2.24, 2.45) is 0 Å². The van der Waals surface area contributed by atoms with Crippen LogP contribution in [-0.4, -0.2) is 26.8 Å². The van der Waals surface area contributed by atoms with Gasteiger partial charge in [0, 0.05) is 18.0 Å². The van der Waals surface area contributed by atoms with Crippen molar-refractivity contribution in [3.8, 4) is 0 Å². The van der Waals surface area contributed by atoms with Crippen molar-refractivity contribution in [2.75, 3.05) is 6.54 Å². The molecule has 4 heteroatoms. The topological polar surface area (TPSA) is 42.7 Å². The van der Waals surface area contributed by atoms with E-state index in [9.17, 15) is 0 Å². The predicted molar refractivity (Wildman–Crippen MR) is 69.0 cm³/mol. The summed E-state index contributed by atoms with van der Waals surface area (Å²) in [7, 11) is 0. The van der Waals surface area contributed by atoms with Crippen molar-refractivity contribution in [2.45, 2.75) is 64.5 Å². The van der Waals surface area contributed by atoms with Crippen LogP contribution in [0.15, 0.2) is 6.33 Å². The molecule has 1 unspecified atom stereocenters. The molecule has 0 aromatic carbocycles. The van der Waals surface area contributed by atoms with Crippen LogP contribution in [0.2, 0.25) is 0 Å². The fraction of sp³-hybridized carbons (Fsp3) is 0.846. The van der Waals surface area contributed by atoms with E-state index in [2.05, 4.69) is 40.9 Å². The summed E-state index contributed by atoms with van der Waals surface area (Å²) in [5.74, 6) is 1.13. The third-order valence-corrected chi connectivity index (χ3v) is 3.69. The second kappa shape index (κ2) is 5.17. The molecule has 0 spiro atoms. The molecule has 0 radical (unpaired) electrons. The standard InChI is InChI=1S/C13H24N4/c1-4-6-13(7-5-8-15-13)9-12-14-10-16-17(12)11(2)3/h10-11,15H,4-9H2,1-3H3. The summed E-state index contributed by atoms with van der Waals surface area (Å²) in [6, 6.07) is 0.396. The van der Waals surface area contributed by atoms with Gasteiger partial charge in [-0.2, -0.15) is 5.10 Å². The van der Waals surface area contributed by atoms with E-state index in [1.54, 1.807) is 6.33 Å². The molecule has 1 atom stereocenters. The highest BCUT2D eigenvalue weighted by atomic mass is 15.3. The van der Waals surface area contributed by atoms with E-state index in [-0.39, 0.29) is 5.54 Å². The smallest absolute Gasteiger partial charge is 0.138 e. The summed E-state index contributed by atoms with van der Waals surface area (Å²) < 4.78 is 2.05. The largest absolute Gasteiger partial charge is 0.311 e. The molecule has 1 saturated heterocycles. The number of aromatic nitrogens is 3. The Kier molecular flexibility index (Phi) is 3.82. The van der Waals surface area contributed by atoms with E-state index in [0.717, 1.165) is 18.8 Å². The van der Waals surface area contributed by atoms with Gasteiger partial charge in [-0.15, -0.1) is 0 Å². The summed E-state index contributed by atoms with van der Waals surface area (Å²) in [6.07, 6.45) is 7.71. The molecular weight excluding hydrogens is 212 g/mol. The summed E-state index contributed by atoms with van der Waals surface area (Å²) >= 11 is 0. The maximum atomic E-state index is 4.44. The molecule has 0 amide bonds. The van der Waals surface area contributed by atoms with Gasteiger partial charge in [0.05, 0.1) is 0 Å². The first kappa shape index (κ1) is 12.6. The van der Waals surface area contributed by atoms with E-state index in [0.29, 0.717) is 6.04 Å². The van der Waals surface area contributed by atoms with Gasteiger partial charge >= 0.3 is 0 Å². The predicted octanol–water partition coefficient (Wildman–Crippen LogP) is 2.32. The molecule has 1 fully saturated rings. The molecule has 1 N–H and O–H groups in total. The van der Waals surface area contributed by atoms with Crippen LogP contribution in [0.25, 0.3) is 0 Å². The average Bonchev–Trinajstić information content (AvgIpc) is 2.89. The molecule has 1 aromatic heterocycles. The van der Waals surface area contributed by atoms with E-state index in [1.807, 2.05) is 0 Å². The van der Waals surface area contributed by atoms with Crippen LogP contribution in [0, 0.1) is 0 Å². The Morgan fingerprint density at radius 3 is 2.94 bits per heavy atom. The van der Waals surface area contributed by atoms with Crippen molar-refractivity contribution in [3.05, 3.63) is 12.2 Å². The minimum atomic E-state index is 0.272. The molecule has 1 aliphatic rings. The third-order valence-electron chi connectivity index (χ3n) is 3.69. The van der Waals surface area contributed by atoms with Crippen LogP contribution >= 0.6 is 0 Å². The van der Waals surface area contributed by atoms with Gasteiger partial charge < -0.3 is 5.32 Å². The van der Waals surface area contributed by atoms with Crippen LogP contribution in [-0.2, 0) is 6.42 Å². The van der Waals surface area contributed by atoms with E-state index < -0.39 is 0 Å². The molecule has 2 heterocycles. The molecule has 0 saturated carbocycles. The molecule has 96 valence electrons. The van der Waals surface area contributed by atoms with Crippen LogP contribution in [0.4, 0.5) is 0 Å². The van der Waals surface area contributed by atoms with Crippen molar-refractivity contribution in [3.63, 3.8) is 0 Å². The Bertz CT molecular complexity index is 350. The highest BCUT2D eigenvalue weighted by Crippen LogP contribution is 2.28.